The lowest BCUT2D eigenvalue weighted by Crippen LogP contribution is -2.03. The van der Waals surface area contributed by atoms with Gasteiger partial charge in [0.05, 0.1) is 0 Å². The van der Waals surface area contributed by atoms with Crippen molar-refractivity contribution in [3.05, 3.63) is 35.9 Å². The molecule has 0 aliphatic heterocycles. The highest BCUT2D eigenvalue weighted by Crippen LogP contribution is 2.32. The summed E-state index contributed by atoms with van der Waals surface area (Å²) < 4.78 is 117. The molecule has 1 saturated carbocycles. The standard InChI is InChI=1S/C12H16.3BF4/c1-3-7-11(8-4-1)12-9-5-2-6-10-12;3*2-1(3,4)5/h1,3-4,7-8,12H,2,5-6,9-10H2;;;/q;3*-1. The van der Waals surface area contributed by atoms with Crippen LogP contribution in [0.3, 0.4) is 0 Å². The van der Waals surface area contributed by atoms with Crippen molar-refractivity contribution in [2.75, 3.05) is 0 Å². The molecule has 0 radical (unpaired) electrons. The second-order valence-corrected chi connectivity index (χ2v) is 5.23. The Morgan fingerprint density at radius 2 is 0.815 bits per heavy atom. The van der Waals surface area contributed by atoms with Gasteiger partial charge in [-0.25, -0.2) is 0 Å². The van der Waals surface area contributed by atoms with Gasteiger partial charge >= 0.3 is 21.8 Å². The Labute approximate surface area is 148 Å². The summed E-state index contributed by atoms with van der Waals surface area (Å²) in [6, 6.07) is 11.0. The van der Waals surface area contributed by atoms with E-state index in [0.29, 0.717) is 0 Å². The molecule has 0 aromatic heterocycles. The summed E-state index contributed by atoms with van der Waals surface area (Å²) in [5.41, 5.74) is 1.55. The van der Waals surface area contributed by atoms with Gasteiger partial charge in [0.15, 0.2) is 0 Å². The van der Waals surface area contributed by atoms with Crippen molar-refractivity contribution in [3.8, 4) is 0 Å². The Bertz CT molecular complexity index is 419. The van der Waals surface area contributed by atoms with Gasteiger partial charge in [-0.3, -0.25) is 0 Å². The number of hydrogen-bond donors (Lipinski definition) is 0. The highest BCUT2D eigenvalue weighted by atomic mass is 19.5. The Morgan fingerprint density at radius 3 is 1.11 bits per heavy atom. The first-order valence-corrected chi connectivity index (χ1v) is 7.63. The smallest absolute Gasteiger partial charge is 0.418 e. The van der Waals surface area contributed by atoms with Crippen molar-refractivity contribution < 1.29 is 51.8 Å². The zero-order valence-corrected chi connectivity index (χ0v) is 13.8. The van der Waals surface area contributed by atoms with Crippen LogP contribution in [0.25, 0.3) is 0 Å². The maximum absolute atomic E-state index is 9.75. The average molecular weight is 421 g/mol. The second-order valence-electron chi connectivity index (χ2n) is 5.23. The fourth-order valence-corrected chi connectivity index (χ4v) is 2.16. The van der Waals surface area contributed by atoms with Crippen LogP contribution in [0.5, 0.6) is 0 Å². The number of hydrogen-bond acceptors (Lipinski definition) is 0. The summed E-state index contributed by atoms with van der Waals surface area (Å²) in [6.45, 7) is 0. The Morgan fingerprint density at radius 1 is 0.519 bits per heavy atom. The molecule has 0 N–H and O–H groups in total. The van der Waals surface area contributed by atoms with Gasteiger partial charge in [-0.15, -0.1) is 0 Å². The third-order valence-corrected chi connectivity index (χ3v) is 2.88. The van der Waals surface area contributed by atoms with Crippen molar-refractivity contribution in [1.82, 2.24) is 0 Å². The minimum atomic E-state index is -6.00. The van der Waals surface area contributed by atoms with Crippen LogP contribution in [0.1, 0.15) is 43.6 Å². The molecule has 0 heterocycles. The molecule has 0 spiro atoms. The lowest BCUT2D eigenvalue weighted by atomic mass is 9.84. The van der Waals surface area contributed by atoms with E-state index in [-0.39, 0.29) is 0 Å². The van der Waals surface area contributed by atoms with E-state index >= 15 is 0 Å². The highest BCUT2D eigenvalue weighted by molar-refractivity contribution is 6.50. The van der Waals surface area contributed by atoms with Crippen molar-refractivity contribution >= 4 is 21.8 Å². The monoisotopic (exact) mass is 421 g/mol. The lowest BCUT2D eigenvalue weighted by Gasteiger charge is -2.21. The predicted octanol–water partition coefficient (Wildman–Crippen LogP) is 7.63. The van der Waals surface area contributed by atoms with E-state index in [1.165, 1.54) is 32.1 Å². The van der Waals surface area contributed by atoms with Crippen LogP contribution in [0.4, 0.5) is 51.8 Å². The predicted molar refractivity (Wildman–Crippen MR) is 82.8 cm³/mol. The third kappa shape index (κ3) is 36.3. The van der Waals surface area contributed by atoms with Crippen molar-refractivity contribution in [3.63, 3.8) is 0 Å². The van der Waals surface area contributed by atoms with Crippen LogP contribution >= 0.6 is 0 Å². The van der Waals surface area contributed by atoms with E-state index in [4.69, 9.17) is 0 Å². The quantitative estimate of drug-likeness (QED) is 0.323. The van der Waals surface area contributed by atoms with Gasteiger partial charge in [-0.1, -0.05) is 49.6 Å². The van der Waals surface area contributed by atoms with Crippen LogP contribution < -0.4 is 0 Å². The van der Waals surface area contributed by atoms with Gasteiger partial charge in [0.1, 0.15) is 0 Å². The van der Waals surface area contributed by atoms with E-state index in [2.05, 4.69) is 30.3 Å². The number of halogens is 12. The zero-order chi connectivity index (χ0) is 21.7. The molecule has 1 aromatic carbocycles. The van der Waals surface area contributed by atoms with E-state index in [0.717, 1.165) is 5.92 Å². The van der Waals surface area contributed by atoms with Crippen molar-refractivity contribution in [2.24, 2.45) is 0 Å². The summed E-state index contributed by atoms with van der Waals surface area (Å²) in [6.07, 6.45) is 7.12. The normalized spacial score (nSPS) is 15.3. The van der Waals surface area contributed by atoms with E-state index in [1.807, 2.05) is 0 Å². The van der Waals surface area contributed by atoms with E-state index in [1.54, 1.807) is 5.56 Å². The molecule has 160 valence electrons. The largest absolute Gasteiger partial charge is 0.673 e. The third-order valence-electron chi connectivity index (χ3n) is 2.88. The molecule has 0 amide bonds. The van der Waals surface area contributed by atoms with Crippen LogP contribution in [0, 0.1) is 0 Å². The average Bonchev–Trinajstić information content (AvgIpc) is 2.44. The molecule has 1 aromatic rings. The first-order chi connectivity index (χ1) is 12.0. The topological polar surface area (TPSA) is 0 Å². The van der Waals surface area contributed by atoms with Gasteiger partial charge in [0, 0.05) is 0 Å². The molecular weight excluding hydrogens is 405 g/mol. The first-order valence-electron chi connectivity index (χ1n) is 7.63. The van der Waals surface area contributed by atoms with Crippen LogP contribution in [-0.4, -0.2) is 21.8 Å². The summed E-state index contributed by atoms with van der Waals surface area (Å²) in [4.78, 5) is 0. The summed E-state index contributed by atoms with van der Waals surface area (Å²) in [7, 11) is -18.0. The minimum Gasteiger partial charge on any atom is -0.418 e. The Kier molecular flexibility index (Phi) is 13.2. The first kappa shape index (κ1) is 27.8. The van der Waals surface area contributed by atoms with E-state index < -0.39 is 21.8 Å². The maximum Gasteiger partial charge on any atom is 0.673 e. The Balaban J connectivity index is 0. The van der Waals surface area contributed by atoms with Gasteiger partial charge < -0.3 is 51.8 Å². The lowest BCUT2D eigenvalue weighted by molar-refractivity contribution is 0.366. The summed E-state index contributed by atoms with van der Waals surface area (Å²) in [5, 5.41) is 0. The van der Waals surface area contributed by atoms with Crippen LogP contribution in [-0.2, 0) is 0 Å². The zero-order valence-electron chi connectivity index (χ0n) is 13.8. The molecule has 2 rings (SSSR count). The molecule has 0 atom stereocenters. The number of benzene rings is 1. The Hall–Kier alpha value is -1.43. The van der Waals surface area contributed by atoms with Crippen molar-refractivity contribution in [2.45, 2.75) is 38.0 Å². The summed E-state index contributed by atoms with van der Waals surface area (Å²) >= 11 is 0. The molecule has 0 saturated heterocycles. The molecule has 15 heteroatoms. The minimum absolute atomic E-state index is 0.861. The molecule has 1 aliphatic rings. The van der Waals surface area contributed by atoms with Gasteiger partial charge in [-0.05, 0) is 24.3 Å². The van der Waals surface area contributed by atoms with E-state index in [9.17, 15) is 51.8 Å². The fraction of sp³-hybridized carbons (Fsp3) is 0.500. The summed E-state index contributed by atoms with van der Waals surface area (Å²) in [5.74, 6) is 0.861. The van der Waals surface area contributed by atoms with Crippen molar-refractivity contribution in [1.29, 1.82) is 0 Å². The SMILES string of the molecule is F[B-](F)(F)F.F[B-](F)(F)F.F[B-](F)(F)F.c1ccc(C2CCCCC2)cc1. The molecule has 1 aliphatic carbocycles. The molecule has 1 fully saturated rings. The van der Waals surface area contributed by atoms with Gasteiger partial charge in [-0.2, -0.15) is 0 Å². The molecule has 0 nitrogen and oxygen atoms in total. The molecule has 0 unspecified atom stereocenters. The van der Waals surface area contributed by atoms with Gasteiger partial charge in [0.2, 0.25) is 0 Å². The maximum atomic E-state index is 9.75. The fourth-order valence-electron chi connectivity index (χ4n) is 2.16. The molecular formula is C12H16B3F12-3. The molecule has 27 heavy (non-hydrogen) atoms. The van der Waals surface area contributed by atoms with Crippen LogP contribution in [0.2, 0.25) is 0 Å². The highest BCUT2D eigenvalue weighted by Gasteiger charge is 2.21. The van der Waals surface area contributed by atoms with Gasteiger partial charge in [0.25, 0.3) is 0 Å². The second kappa shape index (κ2) is 12.9. The number of rotatable bonds is 1. The molecule has 0 bridgehead atoms. The van der Waals surface area contributed by atoms with Crippen LogP contribution in [0.15, 0.2) is 30.3 Å².